The average molecular weight is 276 g/mol. The predicted octanol–water partition coefficient (Wildman–Crippen LogP) is 2.49. The second-order valence-electron chi connectivity index (χ2n) is 5.58. The summed E-state index contributed by atoms with van der Waals surface area (Å²) in [6.45, 7) is 3.64. The molecule has 1 saturated carbocycles. The second-order valence-corrected chi connectivity index (χ2v) is 6.46. The zero-order chi connectivity index (χ0) is 13.4. The molecule has 0 spiro atoms. The highest BCUT2D eigenvalue weighted by molar-refractivity contribution is 7.98. The van der Waals surface area contributed by atoms with Crippen LogP contribution in [-0.4, -0.2) is 30.2 Å². The number of hydrogen-bond acceptors (Lipinski definition) is 3. The van der Waals surface area contributed by atoms with Crippen LogP contribution in [0.1, 0.15) is 25.1 Å². The quantitative estimate of drug-likeness (QED) is 0.858. The van der Waals surface area contributed by atoms with Crippen LogP contribution in [0.4, 0.5) is 0 Å². The molecule has 3 unspecified atom stereocenters. The third-order valence-corrected chi connectivity index (χ3v) is 4.96. The first kappa shape index (κ1) is 13.0. The number of amides is 1. The van der Waals surface area contributed by atoms with Crippen molar-refractivity contribution in [2.45, 2.75) is 24.4 Å². The van der Waals surface area contributed by atoms with Gasteiger partial charge in [-0.1, -0.05) is 19.1 Å². The Morgan fingerprint density at radius 1 is 1.37 bits per heavy atom. The van der Waals surface area contributed by atoms with Crippen LogP contribution in [0.2, 0.25) is 0 Å². The Hall–Kier alpha value is -1.00. The lowest BCUT2D eigenvalue weighted by Gasteiger charge is -2.25. The molecule has 1 aliphatic carbocycles. The lowest BCUT2D eigenvalue weighted by atomic mass is 10.1. The molecule has 2 fully saturated rings. The second kappa shape index (κ2) is 5.17. The molecular weight excluding hydrogens is 256 g/mol. The number of nitrogens with one attached hydrogen (secondary N) is 1. The van der Waals surface area contributed by atoms with E-state index in [1.807, 2.05) is 4.90 Å². The Morgan fingerprint density at radius 2 is 2.05 bits per heavy atom. The van der Waals surface area contributed by atoms with Gasteiger partial charge in [0.15, 0.2) is 0 Å². The third kappa shape index (κ3) is 2.65. The highest BCUT2D eigenvalue weighted by Gasteiger charge is 2.39. The molecular formula is C15H20N2OS. The molecule has 1 N–H and O–H groups in total. The molecule has 2 aliphatic rings. The molecule has 0 aromatic heterocycles. The van der Waals surface area contributed by atoms with Crippen molar-refractivity contribution in [2.24, 2.45) is 11.8 Å². The molecule has 1 aliphatic heterocycles. The van der Waals surface area contributed by atoms with E-state index in [1.54, 1.807) is 11.8 Å². The summed E-state index contributed by atoms with van der Waals surface area (Å²) in [5.74, 6) is 1.72. The van der Waals surface area contributed by atoms with Gasteiger partial charge in [0, 0.05) is 11.4 Å². The van der Waals surface area contributed by atoms with E-state index in [1.165, 1.54) is 16.9 Å². The van der Waals surface area contributed by atoms with Crippen LogP contribution >= 0.6 is 11.8 Å². The molecule has 0 bridgehead atoms. The summed E-state index contributed by atoms with van der Waals surface area (Å²) in [5, 5.41) is 3.33. The van der Waals surface area contributed by atoms with Crippen LogP contribution in [0.5, 0.6) is 0 Å². The van der Waals surface area contributed by atoms with Gasteiger partial charge in [0.05, 0.1) is 6.54 Å². The molecule has 1 heterocycles. The summed E-state index contributed by atoms with van der Waals surface area (Å²) in [4.78, 5) is 15.3. The Bertz CT molecular complexity index is 474. The summed E-state index contributed by atoms with van der Waals surface area (Å²) >= 11 is 1.74. The van der Waals surface area contributed by atoms with Gasteiger partial charge in [0.1, 0.15) is 6.17 Å². The zero-order valence-electron chi connectivity index (χ0n) is 11.4. The molecule has 0 radical (unpaired) electrons. The highest BCUT2D eigenvalue weighted by atomic mass is 32.2. The van der Waals surface area contributed by atoms with Crippen LogP contribution < -0.4 is 5.32 Å². The summed E-state index contributed by atoms with van der Waals surface area (Å²) in [6, 6.07) is 8.52. The molecule has 102 valence electrons. The number of carbonyl (C=O) groups excluding carboxylic acids is 1. The minimum atomic E-state index is 0.0659. The molecule has 3 rings (SSSR count). The van der Waals surface area contributed by atoms with Crippen molar-refractivity contribution < 1.29 is 4.79 Å². The van der Waals surface area contributed by atoms with Crippen LogP contribution in [-0.2, 0) is 4.79 Å². The maximum Gasteiger partial charge on any atom is 0.238 e. The molecule has 3 nitrogen and oxygen atoms in total. The van der Waals surface area contributed by atoms with E-state index >= 15 is 0 Å². The first-order valence-corrected chi connectivity index (χ1v) is 8.08. The van der Waals surface area contributed by atoms with Gasteiger partial charge in [-0.2, -0.15) is 0 Å². The zero-order valence-corrected chi connectivity index (χ0v) is 12.2. The smallest absolute Gasteiger partial charge is 0.238 e. The van der Waals surface area contributed by atoms with Crippen molar-refractivity contribution in [1.29, 1.82) is 0 Å². The van der Waals surface area contributed by atoms with E-state index in [0.29, 0.717) is 12.5 Å². The number of rotatable bonds is 4. The van der Waals surface area contributed by atoms with E-state index in [-0.39, 0.29) is 12.1 Å². The SMILES string of the molecule is CSc1ccc(C2NCC(=O)N2CC2CC2C)cc1. The van der Waals surface area contributed by atoms with Gasteiger partial charge >= 0.3 is 0 Å². The molecule has 19 heavy (non-hydrogen) atoms. The van der Waals surface area contributed by atoms with Gasteiger partial charge in [0.25, 0.3) is 0 Å². The molecule has 1 aromatic rings. The number of nitrogens with zero attached hydrogens (tertiary/aromatic N) is 1. The molecule has 3 atom stereocenters. The predicted molar refractivity (Wildman–Crippen MR) is 78.0 cm³/mol. The molecule has 1 amide bonds. The van der Waals surface area contributed by atoms with Gasteiger partial charge in [0.2, 0.25) is 5.91 Å². The topological polar surface area (TPSA) is 32.3 Å². The van der Waals surface area contributed by atoms with E-state index in [9.17, 15) is 4.79 Å². The standard InChI is InChI=1S/C15H20N2OS/c1-10-7-12(10)9-17-14(18)8-16-15(17)11-3-5-13(19-2)6-4-11/h3-6,10,12,15-16H,7-9H2,1-2H3. The third-order valence-electron chi connectivity index (χ3n) is 4.22. The average Bonchev–Trinajstić information content (AvgIpc) is 3.01. The monoisotopic (exact) mass is 276 g/mol. The van der Waals surface area contributed by atoms with Crippen molar-refractivity contribution in [1.82, 2.24) is 10.2 Å². The maximum absolute atomic E-state index is 12.0. The summed E-state index contributed by atoms with van der Waals surface area (Å²) in [5.41, 5.74) is 1.19. The van der Waals surface area contributed by atoms with Crippen LogP contribution in [0.3, 0.4) is 0 Å². The van der Waals surface area contributed by atoms with Gasteiger partial charge in [-0.25, -0.2) is 0 Å². The minimum Gasteiger partial charge on any atom is -0.322 e. The fourth-order valence-electron chi connectivity index (χ4n) is 2.74. The number of hydrogen-bond donors (Lipinski definition) is 1. The van der Waals surface area contributed by atoms with Crippen LogP contribution in [0.25, 0.3) is 0 Å². The fourth-order valence-corrected chi connectivity index (χ4v) is 3.15. The molecule has 1 aromatic carbocycles. The minimum absolute atomic E-state index is 0.0659. The Kier molecular flexibility index (Phi) is 3.54. The van der Waals surface area contributed by atoms with Crippen molar-refractivity contribution in [3.05, 3.63) is 29.8 Å². The van der Waals surface area contributed by atoms with Gasteiger partial charge in [-0.3, -0.25) is 10.1 Å². The van der Waals surface area contributed by atoms with Crippen LogP contribution in [0, 0.1) is 11.8 Å². The highest BCUT2D eigenvalue weighted by Crippen LogP contribution is 2.40. The number of benzene rings is 1. The van der Waals surface area contributed by atoms with E-state index < -0.39 is 0 Å². The Morgan fingerprint density at radius 3 is 2.63 bits per heavy atom. The van der Waals surface area contributed by atoms with E-state index in [0.717, 1.165) is 12.5 Å². The largest absolute Gasteiger partial charge is 0.322 e. The van der Waals surface area contributed by atoms with Gasteiger partial charge in [-0.05, 0) is 42.2 Å². The van der Waals surface area contributed by atoms with Crippen LogP contribution in [0.15, 0.2) is 29.2 Å². The Labute approximate surface area is 118 Å². The number of thioether (sulfide) groups is 1. The lowest BCUT2D eigenvalue weighted by Crippen LogP contribution is -2.32. The van der Waals surface area contributed by atoms with E-state index in [4.69, 9.17) is 0 Å². The Balaban J connectivity index is 1.75. The molecule has 1 saturated heterocycles. The maximum atomic E-state index is 12.0. The fraction of sp³-hybridized carbons (Fsp3) is 0.533. The first-order valence-electron chi connectivity index (χ1n) is 6.86. The first-order chi connectivity index (χ1) is 9.19. The molecule has 4 heteroatoms. The normalized spacial score (nSPS) is 29.9. The van der Waals surface area contributed by atoms with E-state index in [2.05, 4.69) is 42.8 Å². The van der Waals surface area contributed by atoms with Crippen molar-refractivity contribution >= 4 is 17.7 Å². The van der Waals surface area contributed by atoms with Crippen molar-refractivity contribution in [3.63, 3.8) is 0 Å². The summed E-state index contributed by atoms with van der Waals surface area (Å²) in [7, 11) is 0. The number of carbonyl (C=O) groups is 1. The lowest BCUT2D eigenvalue weighted by molar-refractivity contribution is -0.128. The summed E-state index contributed by atoms with van der Waals surface area (Å²) < 4.78 is 0. The summed E-state index contributed by atoms with van der Waals surface area (Å²) in [6.07, 6.45) is 3.41. The van der Waals surface area contributed by atoms with Crippen molar-refractivity contribution in [3.8, 4) is 0 Å². The van der Waals surface area contributed by atoms with Gasteiger partial charge in [-0.15, -0.1) is 11.8 Å². The van der Waals surface area contributed by atoms with Gasteiger partial charge < -0.3 is 4.90 Å². The van der Waals surface area contributed by atoms with Crippen molar-refractivity contribution in [2.75, 3.05) is 19.3 Å².